The summed E-state index contributed by atoms with van der Waals surface area (Å²) in [4.78, 5) is 20.6. The van der Waals surface area contributed by atoms with E-state index in [4.69, 9.17) is 0 Å². The average molecular weight is 230 g/mol. The Morgan fingerprint density at radius 3 is 2.62 bits per heavy atom. The van der Waals surface area contributed by atoms with Crippen molar-refractivity contribution in [1.29, 1.82) is 0 Å². The van der Waals surface area contributed by atoms with Crippen molar-refractivity contribution in [1.82, 2.24) is 9.97 Å². The van der Waals surface area contributed by atoms with Gasteiger partial charge in [0.1, 0.15) is 5.03 Å². The van der Waals surface area contributed by atoms with Crippen molar-refractivity contribution < 1.29 is 4.79 Å². The fourth-order valence-corrected chi connectivity index (χ4v) is 2.17. The fourth-order valence-electron chi connectivity index (χ4n) is 1.26. The van der Waals surface area contributed by atoms with E-state index in [2.05, 4.69) is 9.97 Å². The van der Waals surface area contributed by atoms with Gasteiger partial charge in [0.2, 0.25) is 0 Å². The summed E-state index contributed by atoms with van der Waals surface area (Å²) >= 11 is 1.47. The summed E-state index contributed by atoms with van der Waals surface area (Å²) in [6, 6.07) is 7.35. The minimum absolute atomic E-state index is 0.0321. The summed E-state index contributed by atoms with van der Waals surface area (Å²) in [5.41, 5.74) is 0.657. The minimum atomic E-state index is 0.0321. The van der Waals surface area contributed by atoms with Gasteiger partial charge in [-0.3, -0.25) is 9.78 Å². The molecular formula is C12H10N2OS. The molecule has 0 spiro atoms. The molecule has 0 atom stereocenters. The molecule has 0 saturated carbocycles. The van der Waals surface area contributed by atoms with Gasteiger partial charge in [-0.1, -0.05) is 11.8 Å². The lowest BCUT2D eigenvalue weighted by atomic mass is 10.2. The van der Waals surface area contributed by atoms with Crippen LogP contribution in [0.1, 0.15) is 17.3 Å². The summed E-state index contributed by atoms with van der Waals surface area (Å²) in [5.74, 6) is 0.0321. The topological polar surface area (TPSA) is 42.9 Å². The molecule has 2 heterocycles. The molecule has 80 valence electrons. The van der Waals surface area contributed by atoms with Gasteiger partial charge in [-0.05, 0) is 31.2 Å². The maximum Gasteiger partial charge on any atom is 0.162 e. The van der Waals surface area contributed by atoms with E-state index in [0.717, 1.165) is 9.92 Å². The molecule has 0 bridgehead atoms. The van der Waals surface area contributed by atoms with Crippen LogP contribution in [0.4, 0.5) is 0 Å². The van der Waals surface area contributed by atoms with E-state index in [1.807, 2.05) is 12.1 Å². The molecule has 0 aliphatic heterocycles. The fraction of sp³-hybridized carbons (Fsp3) is 0.0833. The van der Waals surface area contributed by atoms with Crippen molar-refractivity contribution >= 4 is 17.5 Å². The van der Waals surface area contributed by atoms with Gasteiger partial charge in [0.05, 0.1) is 0 Å². The van der Waals surface area contributed by atoms with Crippen LogP contribution >= 0.6 is 11.8 Å². The number of Topliss-reactive ketones (excluding diaryl/α,β-unsaturated/α-hetero) is 1. The summed E-state index contributed by atoms with van der Waals surface area (Å²) in [5, 5.41) is 0.737. The second kappa shape index (κ2) is 4.90. The highest BCUT2D eigenvalue weighted by Gasteiger charge is 2.08. The smallest absolute Gasteiger partial charge is 0.162 e. The van der Waals surface area contributed by atoms with Crippen molar-refractivity contribution in [3.05, 3.63) is 48.4 Å². The molecule has 4 heteroatoms. The van der Waals surface area contributed by atoms with E-state index in [9.17, 15) is 4.79 Å². The van der Waals surface area contributed by atoms with Gasteiger partial charge in [0, 0.05) is 29.0 Å². The van der Waals surface area contributed by atoms with E-state index < -0.39 is 0 Å². The van der Waals surface area contributed by atoms with Crippen LogP contribution in [0.2, 0.25) is 0 Å². The largest absolute Gasteiger partial charge is 0.294 e. The van der Waals surface area contributed by atoms with Crippen LogP contribution in [-0.4, -0.2) is 15.8 Å². The Bertz CT molecular complexity index is 499. The van der Waals surface area contributed by atoms with E-state index in [0.29, 0.717) is 5.56 Å². The van der Waals surface area contributed by atoms with E-state index in [1.165, 1.54) is 11.8 Å². The summed E-state index contributed by atoms with van der Waals surface area (Å²) in [6.45, 7) is 1.55. The second-order valence-corrected chi connectivity index (χ2v) is 4.26. The number of ketones is 1. The molecule has 0 aliphatic carbocycles. The van der Waals surface area contributed by atoms with Crippen LogP contribution in [-0.2, 0) is 0 Å². The first-order valence-electron chi connectivity index (χ1n) is 4.81. The number of aromatic nitrogens is 2. The Morgan fingerprint density at radius 1 is 1.19 bits per heavy atom. The molecule has 0 fully saturated rings. The first-order valence-corrected chi connectivity index (χ1v) is 5.63. The normalized spacial score (nSPS) is 10.1. The molecule has 0 unspecified atom stereocenters. The zero-order valence-corrected chi connectivity index (χ0v) is 9.57. The number of rotatable bonds is 3. The molecule has 0 saturated heterocycles. The molecule has 0 aliphatic rings. The Hall–Kier alpha value is -1.68. The number of hydrogen-bond acceptors (Lipinski definition) is 4. The van der Waals surface area contributed by atoms with Crippen LogP contribution in [0.5, 0.6) is 0 Å². The van der Waals surface area contributed by atoms with Crippen molar-refractivity contribution in [3.63, 3.8) is 0 Å². The lowest BCUT2D eigenvalue weighted by molar-refractivity contribution is 0.101. The molecule has 0 aromatic carbocycles. The van der Waals surface area contributed by atoms with Crippen molar-refractivity contribution in [2.75, 3.05) is 0 Å². The first-order chi connectivity index (χ1) is 7.77. The Morgan fingerprint density at radius 2 is 1.94 bits per heavy atom. The Kier molecular flexibility index (Phi) is 3.31. The highest BCUT2D eigenvalue weighted by atomic mass is 32.2. The van der Waals surface area contributed by atoms with Crippen molar-refractivity contribution in [3.8, 4) is 0 Å². The maximum absolute atomic E-state index is 11.4. The predicted molar refractivity (Wildman–Crippen MR) is 62.6 cm³/mol. The molecular weight excluding hydrogens is 220 g/mol. The second-order valence-electron chi connectivity index (χ2n) is 3.20. The lowest BCUT2D eigenvalue weighted by Crippen LogP contribution is -1.96. The third-order valence-corrected chi connectivity index (χ3v) is 3.04. The van der Waals surface area contributed by atoms with E-state index in [1.54, 1.807) is 37.6 Å². The third kappa shape index (κ3) is 2.46. The SMILES string of the molecule is CC(=O)c1cccnc1Sc1ccncc1. The van der Waals surface area contributed by atoms with Crippen LogP contribution in [0.3, 0.4) is 0 Å². The maximum atomic E-state index is 11.4. The van der Waals surface area contributed by atoms with Crippen LogP contribution in [0.25, 0.3) is 0 Å². The lowest BCUT2D eigenvalue weighted by Gasteiger charge is -2.04. The minimum Gasteiger partial charge on any atom is -0.294 e. The van der Waals surface area contributed by atoms with E-state index >= 15 is 0 Å². The summed E-state index contributed by atoms with van der Waals surface area (Å²) < 4.78 is 0. The highest BCUT2D eigenvalue weighted by molar-refractivity contribution is 7.99. The summed E-state index contributed by atoms with van der Waals surface area (Å²) in [6.07, 6.45) is 5.13. The molecule has 0 amide bonds. The first kappa shape index (κ1) is 10.8. The van der Waals surface area contributed by atoms with Gasteiger partial charge in [0.25, 0.3) is 0 Å². The zero-order valence-electron chi connectivity index (χ0n) is 8.75. The summed E-state index contributed by atoms with van der Waals surface area (Å²) in [7, 11) is 0. The van der Waals surface area contributed by atoms with Gasteiger partial charge < -0.3 is 0 Å². The van der Waals surface area contributed by atoms with Crippen molar-refractivity contribution in [2.45, 2.75) is 16.8 Å². The highest BCUT2D eigenvalue weighted by Crippen LogP contribution is 2.27. The van der Waals surface area contributed by atoms with Crippen molar-refractivity contribution in [2.24, 2.45) is 0 Å². The number of nitrogens with zero attached hydrogens (tertiary/aromatic N) is 2. The molecule has 2 aromatic rings. The Labute approximate surface area is 97.9 Å². The molecule has 2 aromatic heterocycles. The monoisotopic (exact) mass is 230 g/mol. The third-order valence-electron chi connectivity index (χ3n) is 2.01. The van der Waals surface area contributed by atoms with Crippen LogP contribution < -0.4 is 0 Å². The number of pyridine rings is 2. The van der Waals surface area contributed by atoms with Gasteiger partial charge in [-0.2, -0.15) is 0 Å². The van der Waals surface area contributed by atoms with Gasteiger partial charge in [-0.25, -0.2) is 4.98 Å². The van der Waals surface area contributed by atoms with Gasteiger partial charge >= 0.3 is 0 Å². The molecule has 0 N–H and O–H groups in total. The zero-order chi connectivity index (χ0) is 11.4. The Balaban J connectivity index is 2.31. The van der Waals surface area contributed by atoms with Crippen LogP contribution in [0, 0.1) is 0 Å². The quantitative estimate of drug-likeness (QED) is 0.760. The van der Waals surface area contributed by atoms with E-state index in [-0.39, 0.29) is 5.78 Å². The number of carbonyl (C=O) groups is 1. The predicted octanol–water partition coefficient (Wildman–Crippen LogP) is 2.83. The van der Waals surface area contributed by atoms with Gasteiger partial charge in [-0.15, -0.1) is 0 Å². The van der Waals surface area contributed by atoms with Gasteiger partial charge in [0.15, 0.2) is 5.78 Å². The average Bonchev–Trinajstić information content (AvgIpc) is 2.31. The standard InChI is InChI=1S/C12H10N2OS/c1-9(15)11-3-2-6-14-12(11)16-10-4-7-13-8-5-10/h2-8H,1H3. The molecule has 2 rings (SSSR count). The van der Waals surface area contributed by atoms with Crippen LogP contribution in [0.15, 0.2) is 52.8 Å². The molecule has 3 nitrogen and oxygen atoms in total. The number of carbonyl (C=O) groups excluding carboxylic acids is 1. The molecule has 16 heavy (non-hydrogen) atoms. The number of hydrogen-bond donors (Lipinski definition) is 0. The molecule has 0 radical (unpaired) electrons.